The van der Waals surface area contributed by atoms with E-state index >= 15 is 0 Å². The second-order valence-corrected chi connectivity index (χ2v) is 6.49. The van der Waals surface area contributed by atoms with Crippen molar-refractivity contribution in [3.05, 3.63) is 53.7 Å². The van der Waals surface area contributed by atoms with E-state index in [9.17, 15) is 0 Å². The Morgan fingerprint density at radius 2 is 1.67 bits per heavy atom. The molecule has 2 rings (SSSR count). The van der Waals surface area contributed by atoms with Crippen LogP contribution in [0.1, 0.15) is 46.1 Å². The molecule has 112 valence electrons. The van der Waals surface area contributed by atoms with Crippen molar-refractivity contribution < 1.29 is 5.94 Å². The predicted octanol–water partition coefficient (Wildman–Crippen LogP) is 4.88. The SMILES string of the molecule is [2H]C(c1ccc(-c2cccc[n+]2C)c(C)c1)(C(C)C)C(C)C. The van der Waals surface area contributed by atoms with E-state index in [0.29, 0.717) is 0 Å². The van der Waals surface area contributed by atoms with Crippen LogP contribution in [0.3, 0.4) is 0 Å². The maximum Gasteiger partial charge on any atom is 0.212 e. The molecule has 1 aromatic carbocycles. The van der Waals surface area contributed by atoms with Crippen LogP contribution in [0, 0.1) is 18.8 Å². The van der Waals surface area contributed by atoms with Crippen molar-refractivity contribution in [1.82, 2.24) is 0 Å². The molecule has 1 aromatic heterocycles. The molecule has 21 heavy (non-hydrogen) atoms. The molecule has 0 N–H and O–H groups in total. The van der Waals surface area contributed by atoms with Gasteiger partial charge in [0.05, 0.1) is 0 Å². The Balaban J connectivity index is 2.53. The molecule has 0 aliphatic rings. The Kier molecular flexibility index (Phi) is 4.38. The van der Waals surface area contributed by atoms with E-state index in [2.05, 4.69) is 82.8 Å². The summed E-state index contributed by atoms with van der Waals surface area (Å²) in [5.74, 6) is 0.0264. The van der Waals surface area contributed by atoms with Crippen molar-refractivity contribution >= 4 is 0 Å². The fourth-order valence-corrected chi connectivity index (χ4v) is 3.27. The number of aromatic nitrogens is 1. The van der Waals surface area contributed by atoms with Crippen LogP contribution in [0.15, 0.2) is 42.6 Å². The molecular formula is C20H28N+. The zero-order valence-electron chi connectivity index (χ0n) is 15.1. The second kappa shape index (κ2) is 6.43. The molecule has 1 nitrogen and oxygen atoms in total. The normalized spacial score (nSPS) is 12.9. The van der Waals surface area contributed by atoms with Gasteiger partial charge in [0.25, 0.3) is 0 Å². The number of hydrogen-bond donors (Lipinski definition) is 0. The zero-order chi connectivity index (χ0) is 16.5. The van der Waals surface area contributed by atoms with Crippen LogP contribution in [0.4, 0.5) is 0 Å². The highest BCUT2D eigenvalue weighted by Crippen LogP contribution is 2.34. The minimum Gasteiger partial charge on any atom is -0.201 e. The molecule has 0 spiro atoms. The van der Waals surface area contributed by atoms with Gasteiger partial charge in [-0.1, -0.05) is 39.8 Å². The number of benzene rings is 1. The Labute approximate surface area is 131 Å². The van der Waals surface area contributed by atoms with Crippen LogP contribution in [-0.2, 0) is 7.05 Å². The van der Waals surface area contributed by atoms with E-state index in [-0.39, 0.29) is 11.8 Å². The summed E-state index contributed by atoms with van der Waals surface area (Å²) >= 11 is 0. The van der Waals surface area contributed by atoms with Crippen LogP contribution >= 0.6 is 0 Å². The van der Waals surface area contributed by atoms with Crippen LogP contribution in [0.25, 0.3) is 11.3 Å². The van der Waals surface area contributed by atoms with E-state index in [1.807, 2.05) is 6.07 Å². The monoisotopic (exact) mass is 283 g/mol. The first-order valence-corrected chi connectivity index (χ1v) is 7.84. The molecule has 0 bridgehead atoms. The lowest BCUT2D eigenvalue weighted by atomic mass is 9.79. The van der Waals surface area contributed by atoms with Crippen molar-refractivity contribution in [2.24, 2.45) is 18.9 Å². The van der Waals surface area contributed by atoms with Gasteiger partial charge in [0.1, 0.15) is 7.05 Å². The van der Waals surface area contributed by atoms with Crippen molar-refractivity contribution in [3.63, 3.8) is 0 Å². The molecule has 1 heterocycles. The first-order chi connectivity index (χ1) is 10.3. The number of rotatable bonds is 4. The fourth-order valence-electron chi connectivity index (χ4n) is 3.27. The van der Waals surface area contributed by atoms with Crippen LogP contribution < -0.4 is 4.57 Å². The van der Waals surface area contributed by atoms with Crippen molar-refractivity contribution in [3.8, 4) is 11.3 Å². The maximum atomic E-state index is 8.98. The minimum atomic E-state index is -0.540. The molecule has 0 radical (unpaired) electrons. The third-order valence-electron chi connectivity index (χ3n) is 4.13. The van der Waals surface area contributed by atoms with Crippen LogP contribution in [-0.4, -0.2) is 0 Å². The number of aryl methyl sites for hydroxylation is 2. The summed E-state index contributed by atoms with van der Waals surface area (Å²) in [6.45, 7) is 10.7. The van der Waals surface area contributed by atoms with Crippen molar-refractivity contribution in [1.29, 1.82) is 0 Å². The van der Waals surface area contributed by atoms with E-state index < -0.39 is 5.89 Å². The van der Waals surface area contributed by atoms with E-state index in [4.69, 9.17) is 1.37 Å². The van der Waals surface area contributed by atoms with Gasteiger partial charge in [-0.25, -0.2) is 4.57 Å². The van der Waals surface area contributed by atoms with Crippen LogP contribution in [0.2, 0.25) is 0 Å². The van der Waals surface area contributed by atoms with Gasteiger partial charge in [0.15, 0.2) is 6.20 Å². The van der Waals surface area contributed by atoms with E-state index in [1.165, 1.54) is 16.8 Å². The standard InChI is InChI=1S/C20H28N/c1-14(2)20(15(3)4)17-10-11-18(16(5)13-17)19-9-7-8-12-21(19)6/h7-15,20H,1-6H3/q+1/i20D. The summed E-state index contributed by atoms with van der Waals surface area (Å²) < 4.78 is 11.1. The molecule has 0 saturated heterocycles. The van der Waals surface area contributed by atoms with Gasteiger partial charge in [-0.3, -0.25) is 0 Å². The van der Waals surface area contributed by atoms with Gasteiger partial charge in [-0.15, -0.1) is 0 Å². The summed E-state index contributed by atoms with van der Waals surface area (Å²) in [7, 11) is 2.07. The fraction of sp³-hybridized carbons (Fsp3) is 0.450. The average Bonchev–Trinajstić information content (AvgIpc) is 2.46. The molecular weight excluding hydrogens is 254 g/mol. The Hall–Kier alpha value is -1.63. The van der Waals surface area contributed by atoms with E-state index in [0.717, 1.165) is 5.56 Å². The van der Waals surface area contributed by atoms with E-state index in [1.54, 1.807) is 0 Å². The molecule has 0 atom stereocenters. The Morgan fingerprint density at radius 1 is 1.00 bits per heavy atom. The maximum absolute atomic E-state index is 8.98. The Morgan fingerprint density at radius 3 is 2.19 bits per heavy atom. The topological polar surface area (TPSA) is 3.88 Å². The predicted molar refractivity (Wildman–Crippen MR) is 90.2 cm³/mol. The van der Waals surface area contributed by atoms with Crippen molar-refractivity contribution in [2.45, 2.75) is 40.5 Å². The summed E-state index contributed by atoms with van der Waals surface area (Å²) in [5, 5.41) is 0. The molecule has 0 aliphatic heterocycles. The summed E-state index contributed by atoms with van der Waals surface area (Å²) in [6.07, 6.45) is 2.07. The second-order valence-electron chi connectivity index (χ2n) is 6.49. The van der Waals surface area contributed by atoms with Crippen LogP contribution in [0.5, 0.6) is 0 Å². The highest BCUT2D eigenvalue weighted by atomic mass is 14.9. The molecule has 0 aliphatic carbocycles. The van der Waals surface area contributed by atoms with Gasteiger partial charge in [0, 0.05) is 19.1 Å². The van der Waals surface area contributed by atoms with Gasteiger partial charge in [-0.05, 0) is 47.9 Å². The highest BCUT2D eigenvalue weighted by molar-refractivity contribution is 5.61. The molecule has 1 heteroatoms. The summed E-state index contributed by atoms with van der Waals surface area (Å²) in [6, 6.07) is 12.8. The Bertz CT molecular complexity index is 651. The lowest BCUT2D eigenvalue weighted by Crippen LogP contribution is -2.30. The number of hydrogen-bond acceptors (Lipinski definition) is 0. The van der Waals surface area contributed by atoms with Gasteiger partial charge < -0.3 is 0 Å². The lowest BCUT2D eigenvalue weighted by molar-refractivity contribution is -0.660. The lowest BCUT2D eigenvalue weighted by Gasteiger charge is -2.26. The van der Waals surface area contributed by atoms with Gasteiger partial charge in [-0.2, -0.15) is 0 Å². The highest BCUT2D eigenvalue weighted by Gasteiger charge is 2.21. The van der Waals surface area contributed by atoms with Crippen molar-refractivity contribution in [2.75, 3.05) is 0 Å². The summed E-state index contributed by atoms with van der Waals surface area (Å²) in [5.41, 5.74) is 4.80. The molecule has 0 fully saturated rings. The smallest absolute Gasteiger partial charge is 0.201 e. The molecule has 0 saturated carbocycles. The molecule has 0 unspecified atom stereocenters. The minimum absolute atomic E-state index is 0.283. The average molecular weight is 283 g/mol. The summed E-state index contributed by atoms with van der Waals surface area (Å²) in [4.78, 5) is 0. The zero-order valence-corrected chi connectivity index (χ0v) is 14.1. The first kappa shape index (κ1) is 14.3. The van der Waals surface area contributed by atoms with Gasteiger partial charge >= 0.3 is 0 Å². The van der Waals surface area contributed by atoms with Gasteiger partial charge in [0.2, 0.25) is 5.69 Å². The first-order valence-electron chi connectivity index (χ1n) is 8.34. The quantitative estimate of drug-likeness (QED) is 0.704. The molecule has 2 aromatic rings. The third kappa shape index (κ3) is 3.34. The number of pyridine rings is 1. The largest absolute Gasteiger partial charge is 0.212 e. The number of nitrogens with zero attached hydrogens (tertiary/aromatic N) is 1. The third-order valence-corrected chi connectivity index (χ3v) is 4.13. The molecule has 0 amide bonds.